The zero-order valence-electron chi connectivity index (χ0n) is 11.4. The Bertz CT molecular complexity index is 602. The first-order valence-corrected chi connectivity index (χ1v) is 8.22. The maximum absolute atomic E-state index is 11.3. The van der Waals surface area contributed by atoms with Crippen molar-refractivity contribution >= 4 is 15.9 Å². The number of fused-ring (bicyclic) bond motifs is 1. The van der Waals surface area contributed by atoms with E-state index in [0.717, 1.165) is 12.0 Å². The summed E-state index contributed by atoms with van der Waals surface area (Å²) in [6.07, 6.45) is 4.09. The molecule has 2 rings (SSSR count). The zero-order valence-corrected chi connectivity index (χ0v) is 12.3. The van der Waals surface area contributed by atoms with Gasteiger partial charge in [-0.05, 0) is 28.5 Å². The Kier molecular flexibility index (Phi) is 3.14. The van der Waals surface area contributed by atoms with Crippen LogP contribution in [0.1, 0.15) is 37.5 Å². The monoisotopic (exact) mass is 264 g/mol. The highest BCUT2D eigenvalue weighted by atomic mass is 32.2. The second-order valence-corrected chi connectivity index (χ2v) is 8.35. The van der Waals surface area contributed by atoms with Crippen LogP contribution in [0.5, 0.6) is 0 Å². The molecular weight excluding hydrogens is 244 g/mol. The van der Waals surface area contributed by atoms with Crippen molar-refractivity contribution in [3.05, 3.63) is 40.5 Å². The van der Waals surface area contributed by atoms with E-state index in [2.05, 4.69) is 39.0 Å². The standard InChI is InChI=1S/C15H20O2S/c1-15(2,3)14-6-5-12-7-11(8-13(12)9-14)10-18(4,16)17/h5-6,8-9H,7,10H2,1-4H3. The number of rotatable bonds is 2. The van der Waals surface area contributed by atoms with Crippen LogP contribution in [0.2, 0.25) is 0 Å². The minimum absolute atomic E-state index is 0.127. The molecule has 0 aliphatic heterocycles. The number of benzene rings is 1. The SMILES string of the molecule is CC(C)(C)c1ccc2c(c1)C=C(CS(C)(=O)=O)C2. The predicted molar refractivity (Wildman–Crippen MR) is 76.5 cm³/mol. The second-order valence-electron chi connectivity index (χ2n) is 6.21. The van der Waals surface area contributed by atoms with Crippen molar-refractivity contribution in [2.75, 3.05) is 12.0 Å². The number of sulfone groups is 1. The van der Waals surface area contributed by atoms with Crippen molar-refractivity contribution < 1.29 is 8.42 Å². The molecule has 0 fully saturated rings. The normalized spacial score (nSPS) is 15.4. The van der Waals surface area contributed by atoms with Gasteiger partial charge in [0.1, 0.15) is 0 Å². The lowest BCUT2D eigenvalue weighted by Crippen LogP contribution is -2.11. The van der Waals surface area contributed by atoms with Crippen molar-refractivity contribution in [3.8, 4) is 0 Å². The third-order valence-electron chi connectivity index (χ3n) is 3.24. The number of hydrogen-bond donors (Lipinski definition) is 0. The third kappa shape index (κ3) is 3.02. The molecule has 0 radical (unpaired) electrons. The van der Waals surface area contributed by atoms with Gasteiger partial charge in [-0.1, -0.05) is 50.6 Å². The lowest BCUT2D eigenvalue weighted by Gasteiger charge is -2.19. The summed E-state index contributed by atoms with van der Waals surface area (Å²) < 4.78 is 22.6. The van der Waals surface area contributed by atoms with Crippen LogP contribution in [0.3, 0.4) is 0 Å². The first-order valence-electron chi connectivity index (χ1n) is 6.16. The fourth-order valence-corrected chi connectivity index (χ4v) is 3.16. The van der Waals surface area contributed by atoms with Gasteiger partial charge in [-0.2, -0.15) is 0 Å². The van der Waals surface area contributed by atoms with Gasteiger partial charge in [0.15, 0.2) is 9.84 Å². The molecule has 1 aliphatic carbocycles. The molecule has 0 saturated heterocycles. The molecule has 0 heterocycles. The van der Waals surface area contributed by atoms with Gasteiger partial charge in [-0.3, -0.25) is 0 Å². The molecule has 98 valence electrons. The summed E-state index contributed by atoms with van der Waals surface area (Å²) in [5.74, 6) is 0.173. The molecule has 0 bridgehead atoms. The fraction of sp³-hybridized carbons (Fsp3) is 0.467. The molecule has 1 aromatic rings. The van der Waals surface area contributed by atoms with E-state index < -0.39 is 9.84 Å². The molecule has 0 saturated carbocycles. The molecule has 0 amide bonds. The van der Waals surface area contributed by atoms with E-state index in [4.69, 9.17) is 0 Å². The van der Waals surface area contributed by atoms with Crippen molar-refractivity contribution in [2.45, 2.75) is 32.6 Å². The topological polar surface area (TPSA) is 34.1 Å². The van der Waals surface area contributed by atoms with E-state index >= 15 is 0 Å². The molecule has 0 aromatic heterocycles. The van der Waals surface area contributed by atoms with Crippen LogP contribution in [-0.4, -0.2) is 20.4 Å². The van der Waals surface area contributed by atoms with E-state index in [9.17, 15) is 8.42 Å². The lowest BCUT2D eigenvalue weighted by atomic mass is 9.85. The fourth-order valence-electron chi connectivity index (χ4n) is 2.30. The largest absolute Gasteiger partial charge is 0.229 e. The first-order chi connectivity index (χ1) is 8.15. The average Bonchev–Trinajstić information content (AvgIpc) is 2.53. The highest BCUT2D eigenvalue weighted by molar-refractivity contribution is 7.90. The van der Waals surface area contributed by atoms with Crippen molar-refractivity contribution in [2.24, 2.45) is 0 Å². The molecule has 1 aromatic carbocycles. The van der Waals surface area contributed by atoms with Crippen LogP contribution in [0.25, 0.3) is 6.08 Å². The van der Waals surface area contributed by atoms with Gasteiger partial charge in [-0.25, -0.2) is 8.42 Å². The van der Waals surface area contributed by atoms with E-state index in [-0.39, 0.29) is 11.2 Å². The van der Waals surface area contributed by atoms with Gasteiger partial charge < -0.3 is 0 Å². The highest BCUT2D eigenvalue weighted by Crippen LogP contribution is 2.30. The van der Waals surface area contributed by atoms with Gasteiger partial charge in [0.05, 0.1) is 5.75 Å². The summed E-state index contributed by atoms with van der Waals surface area (Å²) in [7, 11) is -2.93. The minimum Gasteiger partial charge on any atom is -0.229 e. The number of hydrogen-bond acceptors (Lipinski definition) is 2. The average molecular weight is 264 g/mol. The van der Waals surface area contributed by atoms with Crippen molar-refractivity contribution in [3.63, 3.8) is 0 Å². The summed E-state index contributed by atoms with van der Waals surface area (Å²) in [5.41, 5.74) is 4.84. The van der Waals surface area contributed by atoms with E-state index in [1.54, 1.807) is 0 Å². The van der Waals surface area contributed by atoms with Crippen LogP contribution < -0.4 is 0 Å². The highest BCUT2D eigenvalue weighted by Gasteiger charge is 2.19. The summed E-state index contributed by atoms with van der Waals surface area (Å²) in [5, 5.41) is 0. The second kappa shape index (κ2) is 4.23. The van der Waals surface area contributed by atoms with E-state index in [0.29, 0.717) is 0 Å². The minimum atomic E-state index is -2.93. The molecule has 0 atom stereocenters. The summed E-state index contributed by atoms with van der Waals surface area (Å²) in [6.45, 7) is 6.56. The Morgan fingerprint density at radius 2 is 1.89 bits per heavy atom. The maximum Gasteiger partial charge on any atom is 0.151 e. The van der Waals surface area contributed by atoms with Crippen molar-refractivity contribution in [1.82, 2.24) is 0 Å². The Morgan fingerprint density at radius 1 is 1.22 bits per heavy atom. The predicted octanol–water partition coefficient (Wildman–Crippen LogP) is 2.97. The molecular formula is C15H20O2S. The van der Waals surface area contributed by atoms with Gasteiger partial charge in [-0.15, -0.1) is 0 Å². The Balaban J connectivity index is 2.32. The Labute approximate surface area is 110 Å². The Morgan fingerprint density at radius 3 is 2.44 bits per heavy atom. The van der Waals surface area contributed by atoms with Gasteiger partial charge in [0.25, 0.3) is 0 Å². The van der Waals surface area contributed by atoms with Crippen LogP contribution in [0.15, 0.2) is 23.8 Å². The third-order valence-corrected chi connectivity index (χ3v) is 4.13. The van der Waals surface area contributed by atoms with Gasteiger partial charge in [0, 0.05) is 6.26 Å². The molecule has 0 N–H and O–H groups in total. The van der Waals surface area contributed by atoms with Crippen LogP contribution in [-0.2, 0) is 21.7 Å². The van der Waals surface area contributed by atoms with E-state index in [1.165, 1.54) is 22.9 Å². The molecule has 0 unspecified atom stereocenters. The molecule has 3 heteroatoms. The summed E-state index contributed by atoms with van der Waals surface area (Å²) >= 11 is 0. The van der Waals surface area contributed by atoms with Crippen LogP contribution in [0.4, 0.5) is 0 Å². The molecule has 2 nitrogen and oxygen atoms in total. The molecule has 1 aliphatic rings. The smallest absolute Gasteiger partial charge is 0.151 e. The van der Waals surface area contributed by atoms with Crippen molar-refractivity contribution in [1.29, 1.82) is 0 Å². The molecule has 18 heavy (non-hydrogen) atoms. The quantitative estimate of drug-likeness (QED) is 0.823. The van der Waals surface area contributed by atoms with Gasteiger partial charge in [0.2, 0.25) is 0 Å². The Hall–Kier alpha value is -1.09. The first kappa shape index (κ1) is 13.3. The van der Waals surface area contributed by atoms with Crippen LogP contribution in [0, 0.1) is 0 Å². The van der Waals surface area contributed by atoms with Crippen LogP contribution >= 0.6 is 0 Å². The maximum atomic E-state index is 11.3. The van der Waals surface area contributed by atoms with E-state index in [1.807, 2.05) is 6.08 Å². The summed E-state index contributed by atoms with van der Waals surface area (Å²) in [4.78, 5) is 0. The summed E-state index contributed by atoms with van der Waals surface area (Å²) in [6, 6.07) is 6.46. The van der Waals surface area contributed by atoms with Gasteiger partial charge >= 0.3 is 0 Å². The zero-order chi connectivity index (χ0) is 13.6. The lowest BCUT2D eigenvalue weighted by molar-refractivity contribution is 0.590. The molecule has 0 spiro atoms.